The average Bonchev–Trinajstić information content (AvgIpc) is 3.03. The van der Waals surface area contributed by atoms with E-state index in [1.807, 2.05) is 0 Å². The van der Waals surface area contributed by atoms with Gasteiger partial charge in [0, 0.05) is 13.1 Å². The van der Waals surface area contributed by atoms with Crippen LogP contribution in [0.4, 0.5) is 0 Å². The number of nitrogens with one attached hydrogen (secondary N) is 1. The highest BCUT2D eigenvalue weighted by atomic mass is 79.9. The molecule has 7 nitrogen and oxygen atoms in total. The van der Waals surface area contributed by atoms with Crippen molar-refractivity contribution in [1.29, 1.82) is 0 Å². The van der Waals surface area contributed by atoms with E-state index in [0.717, 1.165) is 0 Å². The van der Waals surface area contributed by atoms with Crippen molar-refractivity contribution in [3.05, 3.63) is 22.6 Å². The van der Waals surface area contributed by atoms with Crippen LogP contribution in [0.25, 0.3) is 0 Å². The van der Waals surface area contributed by atoms with Gasteiger partial charge in [0.2, 0.25) is 5.91 Å². The van der Waals surface area contributed by atoms with Gasteiger partial charge >= 0.3 is 5.97 Å². The zero-order valence-corrected chi connectivity index (χ0v) is 13.0. The second-order valence-electron chi connectivity index (χ2n) is 5.22. The molecule has 0 radical (unpaired) electrons. The number of likely N-dealkylation sites (tertiary alicyclic amines) is 1. The van der Waals surface area contributed by atoms with Gasteiger partial charge in [0.25, 0.3) is 5.91 Å². The Balaban J connectivity index is 1.86. The van der Waals surface area contributed by atoms with Crippen LogP contribution < -0.4 is 5.32 Å². The van der Waals surface area contributed by atoms with E-state index < -0.39 is 17.3 Å². The molecule has 1 aliphatic rings. The summed E-state index contributed by atoms with van der Waals surface area (Å²) in [7, 11) is 0. The number of carboxylic acids is 1. The van der Waals surface area contributed by atoms with Gasteiger partial charge in [-0.25, -0.2) is 0 Å². The van der Waals surface area contributed by atoms with Crippen molar-refractivity contribution >= 4 is 33.7 Å². The van der Waals surface area contributed by atoms with Gasteiger partial charge in [-0.1, -0.05) is 0 Å². The summed E-state index contributed by atoms with van der Waals surface area (Å²) in [4.78, 5) is 36.3. The molecule has 0 spiro atoms. The molecule has 21 heavy (non-hydrogen) atoms. The molecule has 2 N–H and O–H groups in total. The van der Waals surface area contributed by atoms with E-state index in [1.165, 1.54) is 11.0 Å². The van der Waals surface area contributed by atoms with Crippen LogP contribution in [0.2, 0.25) is 0 Å². The van der Waals surface area contributed by atoms with Crippen molar-refractivity contribution in [3.8, 4) is 0 Å². The summed E-state index contributed by atoms with van der Waals surface area (Å²) in [5.41, 5.74) is -0.911. The summed E-state index contributed by atoms with van der Waals surface area (Å²) in [6.45, 7) is 1.96. The zero-order chi connectivity index (χ0) is 15.6. The third-order valence-corrected chi connectivity index (χ3v) is 3.97. The van der Waals surface area contributed by atoms with Gasteiger partial charge in [-0.15, -0.1) is 0 Å². The molecule has 1 aromatic heterocycles. The van der Waals surface area contributed by atoms with E-state index in [2.05, 4.69) is 21.2 Å². The SMILES string of the molecule is CC1(C(=O)O)CCN(C(=O)CNC(=O)c2ccc(Br)o2)C1. The number of furan rings is 1. The van der Waals surface area contributed by atoms with E-state index in [4.69, 9.17) is 9.52 Å². The van der Waals surface area contributed by atoms with Crippen LogP contribution in [-0.2, 0) is 9.59 Å². The Morgan fingerprint density at radius 2 is 2.19 bits per heavy atom. The monoisotopic (exact) mass is 358 g/mol. The summed E-state index contributed by atoms with van der Waals surface area (Å²) in [6, 6.07) is 3.07. The fourth-order valence-electron chi connectivity index (χ4n) is 2.14. The van der Waals surface area contributed by atoms with E-state index in [0.29, 0.717) is 17.6 Å². The molecule has 1 unspecified atom stereocenters. The van der Waals surface area contributed by atoms with Gasteiger partial charge in [-0.05, 0) is 41.4 Å². The number of carbonyl (C=O) groups excluding carboxylic acids is 2. The van der Waals surface area contributed by atoms with Crippen LogP contribution in [-0.4, -0.2) is 47.4 Å². The van der Waals surface area contributed by atoms with Crippen molar-refractivity contribution in [3.63, 3.8) is 0 Å². The molecule has 0 bridgehead atoms. The highest BCUT2D eigenvalue weighted by Gasteiger charge is 2.41. The second-order valence-corrected chi connectivity index (χ2v) is 6.00. The second kappa shape index (κ2) is 5.88. The fraction of sp³-hybridized carbons (Fsp3) is 0.462. The lowest BCUT2D eigenvalue weighted by molar-refractivity contribution is -0.147. The number of carbonyl (C=O) groups is 3. The van der Waals surface area contributed by atoms with Crippen LogP contribution in [0.15, 0.2) is 21.2 Å². The maximum Gasteiger partial charge on any atom is 0.311 e. The predicted molar refractivity (Wildman–Crippen MR) is 75.7 cm³/mol. The third kappa shape index (κ3) is 3.44. The van der Waals surface area contributed by atoms with Gasteiger partial charge in [0.05, 0.1) is 12.0 Å². The molecule has 1 aliphatic heterocycles. The number of nitrogens with zero attached hydrogens (tertiary/aromatic N) is 1. The lowest BCUT2D eigenvalue weighted by Crippen LogP contribution is -2.40. The molecular weight excluding hydrogens is 344 g/mol. The number of aliphatic carboxylic acids is 1. The van der Waals surface area contributed by atoms with Crippen molar-refractivity contribution in [2.24, 2.45) is 5.41 Å². The number of carboxylic acid groups (broad SMARTS) is 1. The van der Waals surface area contributed by atoms with E-state index >= 15 is 0 Å². The summed E-state index contributed by atoms with van der Waals surface area (Å²) < 4.78 is 5.50. The van der Waals surface area contributed by atoms with Gasteiger partial charge in [-0.2, -0.15) is 0 Å². The maximum absolute atomic E-state index is 12.0. The van der Waals surface area contributed by atoms with E-state index in [1.54, 1.807) is 13.0 Å². The number of rotatable bonds is 4. The Hall–Kier alpha value is -1.83. The fourth-order valence-corrected chi connectivity index (χ4v) is 2.45. The lowest BCUT2D eigenvalue weighted by Gasteiger charge is -2.20. The molecular formula is C13H15BrN2O5. The topological polar surface area (TPSA) is 99.9 Å². The third-order valence-electron chi connectivity index (χ3n) is 3.54. The number of hydrogen-bond acceptors (Lipinski definition) is 4. The predicted octanol–water partition coefficient (Wildman–Crippen LogP) is 1.10. The molecule has 1 saturated heterocycles. The Morgan fingerprint density at radius 3 is 2.71 bits per heavy atom. The summed E-state index contributed by atoms with van der Waals surface area (Å²) in [6.07, 6.45) is 0.410. The lowest BCUT2D eigenvalue weighted by atomic mass is 9.90. The first kappa shape index (κ1) is 15.6. The van der Waals surface area contributed by atoms with E-state index in [-0.39, 0.29) is 24.8 Å². The van der Waals surface area contributed by atoms with Crippen molar-refractivity contribution in [1.82, 2.24) is 10.2 Å². The standard InChI is InChI=1S/C13H15BrN2O5/c1-13(12(19)20)4-5-16(7-13)10(17)6-15-11(18)8-2-3-9(14)21-8/h2-3H,4-7H2,1H3,(H,15,18)(H,19,20). The molecule has 8 heteroatoms. The Bertz CT molecular complexity index is 585. The summed E-state index contributed by atoms with van der Waals surface area (Å²) in [5, 5.41) is 11.6. The minimum Gasteiger partial charge on any atom is -0.481 e. The van der Waals surface area contributed by atoms with Crippen molar-refractivity contribution in [2.75, 3.05) is 19.6 Å². The van der Waals surface area contributed by atoms with Crippen LogP contribution in [0, 0.1) is 5.41 Å². The van der Waals surface area contributed by atoms with Gasteiger partial charge in [0.1, 0.15) is 0 Å². The first-order valence-electron chi connectivity index (χ1n) is 6.36. The highest BCUT2D eigenvalue weighted by Crippen LogP contribution is 2.29. The molecule has 2 heterocycles. The van der Waals surface area contributed by atoms with E-state index in [9.17, 15) is 14.4 Å². The summed E-state index contributed by atoms with van der Waals surface area (Å²) in [5.74, 6) is -1.61. The minimum absolute atomic E-state index is 0.103. The Labute approximate surface area is 129 Å². The minimum atomic E-state index is -0.915. The zero-order valence-electron chi connectivity index (χ0n) is 11.4. The van der Waals surface area contributed by atoms with Gasteiger partial charge in [0.15, 0.2) is 10.4 Å². The summed E-state index contributed by atoms with van der Waals surface area (Å²) >= 11 is 3.08. The number of hydrogen-bond donors (Lipinski definition) is 2. The Morgan fingerprint density at radius 1 is 1.48 bits per heavy atom. The average molecular weight is 359 g/mol. The highest BCUT2D eigenvalue weighted by molar-refractivity contribution is 9.10. The molecule has 1 aromatic rings. The molecule has 114 valence electrons. The van der Waals surface area contributed by atoms with Crippen molar-refractivity contribution in [2.45, 2.75) is 13.3 Å². The largest absolute Gasteiger partial charge is 0.481 e. The van der Waals surface area contributed by atoms with Crippen LogP contribution >= 0.6 is 15.9 Å². The molecule has 0 aromatic carbocycles. The van der Waals surface area contributed by atoms with Crippen LogP contribution in [0.5, 0.6) is 0 Å². The molecule has 2 amide bonds. The normalized spacial score (nSPS) is 21.3. The molecule has 1 fully saturated rings. The maximum atomic E-state index is 12.0. The first-order chi connectivity index (χ1) is 9.82. The van der Waals surface area contributed by atoms with Gasteiger partial charge < -0.3 is 19.7 Å². The molecule has 0 saturated carbocycles. The molecule has 2 rings (SSSR count). The van der Waals surface area contributed by atoms with Crippen molar-refractivity contribution < 1.29 is 23.9 Å². The first-order valence-corrected chi connectivity index (χ1v) is 7.16. The quantitative estimate of drug-likeness (QED) is 0.839. The Kier molecular flexibility index (Phi) is 4.36. The van der Waals surface area contributed by atoms with Gasteiger partial charge in [-0.3, -0.25) is 14.4 Å². The van der Waals surface area contributed by atoms with Crippen LogP contribution in [0.3, 0.4) is 0 Å². The van der Waals surface area contributed by atoms with Crippen LogP contribution in [0.1, 0.15) is 23.9 Å². The number of amides is 2. The molecule has 1 atom stereocenters. The number of halogens is 1. The molecule has 0 aliphatic carbocycles. The smallest absolute Gasteiger partial charge is 0.311 e.